The van der Waals surface area contributed by atoms with Crippen molar-refractivity contribution < 1.29 is 4.79 Å². The van der Waals surface area contributed by atoms with Crippen molar-refractivity contribution >= 4 is 22.4 Å². The van der Waals surface area contributed by atoms with Gasteiger partial charge in [0.15, 0.2) is 5.13 Å². The van der Waals surface area contributed by atoms with E-state index in [0.717, 1.165) is 18.0 Å². The lowest BCUT2D eigenvalue weighted by Crippen LogP contribution is -2.26. The summed E-state index contributed by atoms with van der Waals surface area (Å²) in [5.74, 6) is 0.630. The first-order chi connectivity index (χ1) is 10.8. The van der Waals surface area contributed by atoms with Gasteiger partial charge >= 0.3 is 0 Å². The fourth-order valence-corrected chi connectivity index (χ4v) is 4.10. The molecule has 1 amide bonds. The van der Waals surface area contributed by atoms with E-state index in [0.29, 0.717) is 11.3 Å². The standard InChI is InChI=1S/C17H24N4OS/c1-11(21-8-7-18-10-21)15(22)20-16-19-13-6-5-12(17(2,3)4)9-14(13)23-16/h7-8,10-12H,5-6,9H2,1-4H3,(H,19,20,22)/t11-,12+/m1/s1. The van der Waals surface area contributed by atoms with Crippen LogP contribution in [-0.4, -0.2) is 20.4 Å². The van der Waals surface area contributed by atoms with E-state index in [9.17, 15) is 4.79 Å². The lowest BCUT2D eigenvalue weighted by molar-refractivity contribution is -0.118. The average molecular weight is 332 g/mol. The first-order valence-corrected chi connectivity index (χ1v) is 8.93. The van der Waals surface area contributed by atoms with Gasteiger partial charge in [-0.25, -0.2) is 9.97 Å². The molecule has 23 heavy (non-hydrogen) atoms. The molecule has 124 valence electrons. The number of thiazole rings is 1. The van der Waals surface area contributed by atoms with Crippen molar-refractivity contribution in [3.05, 3.63) is 29.3 Å². The van der Waals surface area contributed by atoms with E-state index < -0.39 is 0 Å². The Labute approximate surface area is 141 Å². The number of carbonyl (C=O) groups is 1. The summed E-state index contributed by atoms with van der Waals surface area (Å²) in [6.07, 6.45) is 8.40. The van der Waals surface area contributed by atoms with Crippen LogP contribution in [0, 0.1) is 11.3 Å². The number of rotatable bonds is 3. The van der Waals surface area contributed by atoms with Gasteiger partial charge in [-0.15, -0.1) is 11.3 Å². The molecule has 0 spiro atoms. The summed E-state index contributed by atoms with van der Waals surface area (Å²) < 4.78 is 1.79. The van der Waals surface area contributed by atoms with Crippen LogP contribution in [0.4, 0.5) is 5.13 Å². The molecule has 2 atom stereocenters. The third kappa shape index (κ3) is 3.47. The molecule has 0 aliphatic heterocycles. The number of hydrogen-bond donors (Lipinski definition) is 1. The molecule has 1 aliphatic carbocycles. The van der Waals surface area contributed by atoms with Crippen LogP contribution >= 0.6 is 11.3 Å². The summed E-state index contributed by atoms with van der Waals surface area (Å²) in [6.45, 7) is 8.78. The Bertz CT molecular complexity index is 684. The van der Waals surface area contributed by atoms with Crippen molar-refractivity contribution in [3.8, 4) is 0 Å². The Morgan fingerprint density at radius 1 is 1.48 bits per heavy atom. The maximum absolute atomic E-state index is 12.4. The minimum atomic E-state index is -0.291. The van der Waals surface area contributed by atoms with Crippen LogP contribution in [0.5, 0.6) is 0 Å². The highest BCUT2D eigenvalue weighted by molar-refractivity contribution is 7.15. The van der Waals surface area contributed by atoms with Crippen molar-refractivity contribution in [2.45, 2.75) is 53.0 Å². The summed E-state index contributed by atoms with van der Waals surface area (Å²) in [5.41, 5.74) is 1.49. The van der Waals surface area contributed by atoms with E-state index in [-0.39, 0.29) is 11.9 Å². The van der Waals surface area contributed by atoms with Crippen LogP contribution in [0.25, 0.3) is 0 Å². The van der Waals surface area contributed by atoms with E-state index >= 15 is 0 Å². The first-order valence-electron chi connectivity index (χ1n) is 8.11. The Kier molecular flexibility index (Phi) is 4.27. The zero-order chi connectivity index (χ0) is 16.6. The fraction of sp³-hybridized carbons (Fsp3) is 0.588. The Morgan fingerprint density at radius 3 is 2.91 bits per heavy atom. The van der Waals surface area contributed by atoms with Crippen LogP contribution in [0.3, 0.4) is 0 Å². The molecule has 2 heterocycles. The smallest absolute Gasteiger partial charge is 0.248 e. The number of nitrogens with zero attached hydrogens (tertiary/aromatic N) is 3. The first kappa shape index (κ1) is 16.2. The summed E-state index contributed by atoms with van der Waals surface area (Å²) in [7, 11) is 0. The Morgan fingerprint density at radius 2 is 2.26 bits per heavy atom. The fourth-order valence-electron chi connectivity index (χ4n) is 3.01. The van der Waals surface area contributed by atoms with Crippen molar-refractivity contribution in [1.29, 1.82) is 0 Å². The van der Waals surface area contributed by atoms with Crippen molar-refractivity contribution in [3.63, 3.8) is 0 Å². The molecule has 5 nitrogen and oxygen atoms in total. The molecule has 2 aromatic heterocycles. The van der Waals surface area contributed by atoms with E-state index in [1.54, 1.807) is 34.6 Å². The van der Waals surface area contributed by atoms with Gasteiger partial charge in [0.05, 0.1) is 12.0 Å². The maximum atomic E-state index is 12.4. The van der Waals surface area contributed by atoms with Gasteiger partial charge < -0.3 is 9.88 Å². The second-order valence-corrected chi connectivity index (χ2v) is 8.45. The normalized spacial score (nSPS) is 19.2. The molecule has 2 aromatic rings. The van der Waals surface area contributed by atoms with Crippen molar-refractivity contribution in [1.82, 2.24) is 14.5 Å². The predicted molar refractivity (Wildman–Crippen MR) is 92.7 cm³/mol. The van der Waals surface area contributed by atoms with E-state index in [4.69, 9.17) is 0 Å². The average Bonchev–Trinajstić information content (AvgIpc) is 3.13. The van der Waals surface area contributed by atoms with Crippen LogP contribution in [0.15, 0.2) is 18.7 Å². The Balaban J connectivity index is 1.69. The number of amides is 1. The molecule has 1 N–H and O–H groups in total. The monoisotopic (exact) mass is 332 g/mol. The molecule has 1 aliphatic rings. The predicted octanol–water partition coefficient (Wildman–Crippen LogP) is 3.69. The van der Waals surface area contributed by atoms with Gasteiger partial charge in [0.2, 0.25) is 5.91 Å². The van der Waals surface area contributed by atoms with Gasteiger partial charge in [0.25, 0.3) is 0 Å². The number of fused-ring (bicyclic) bond motifs is 1. The zero-order valence-corrected chi connectivity index (χ0v) is 15.0. The molecule has 0 fully saturated rings. The largest absolute Gasteiger partial charge is 0.325 e. The van der Waals surface area contributed by atoms with Gasteiger partial charge in [-0.05, 0) is 37.5 Å². The lowest BCUT2D eigenvalue weighted by atomic mass is 9.73. The molecule has 0 bridgehead atoms. The zero-order valence-electron chi connectivity index (χ0n) is 14.2. The molecular weight excluding hydrogens is 308 g/mol. The third-order valence-corrected chi connectivity index (χ3v) is 5.78. The molecule has 0 radical (unpaired) electrons. The van der Waals surface area contributed by atoms with Gasteiger partial charge in [-0.1, -0.05) is 20.8 Å². The number of hydrogen-bond acceptors (Lipinski definition) is 4. The van der Waals surface area contributed by atoms with Gasteiger partial charge in [-0.3, -0.25) is 4.79 Å². The van der Waals surface area contributed by atoms with E-state index in [2.05, 4.69) is 36.1 Å². The summed E-state index contributed by atoms with van der Waals surface area (Å²) in [5, 5.41) is 3.68. The van der Waals surface area contributed by atoms with Gasteiger partial charge in [0.1, 0.15) is 6.04 Å². The number of nitrogens with one attached hydrogen (secondary N) is 1. The maximum Gasteiger partial charge on any atom is 0.248 e. The summed E-state index contributed by atoms with van der Waals surface area (Å²) in [4.78, 5) is 22.3. The minimum absolute atomic E-state index is 0.0542. The number of anilines is 1. The highest BCUT2D eigenvalue weighted by Crippen LogP contribution is 2.40. The number of aromatic nitrogens is 3. The van der Waals surface area contributed by atoms with Crippen LogP contribution < -0.4 is 5.32 Å². The second kappa shape index (κ2) is 6.07. The molecule has 6 heteroatoms. The topological polar surface area (TPSA) is 59.8 Å². The van der Waals surface area contributed by atoms with Crippen molar-refractivity contribution in [2.75, 3.05) is 5.32 Å². The molecule has 0 unspecified atom stereocenters. The Hall–Kier alpha value is -1.69. The second-order valence-electron chi connectivity index (χ2n) is 7.37. The van der Waals surface area contributed by atoms with E-state index in [1.165, 1.54) is 17.0 Å². The summed E-state index contributed by atoms with van der Waals surface area (Å²) >= 11 is 1.63. The molecule has 0 saturated carbocycles. The molecule has 3 rings (SSSR count). The number of imidazole rings is 1. The van der Waals surface area contributed by atoms with E-state index in [1.807, 2.05) is 6.92 Å². The van der Waals surface area contributed by atoms with Crippen molar-refractivity contribution in [2.24, 2.45) is 11.3 Å². The molecule has 0 aromatic carbocycles. The highest BCUT2D eigenvalue weighted by atomic mass is 32.1. The SMILES string of the molecule is C[C@H](C(=O)Nc1nc2c(s1)C[C@@H](C(C)(C)C)CC2)n1ccnc1. The third-order valence-electron chi connectivity index (χ3n) is 4.75. The summed E-state index contributed by atoms with van der Waals surface area (Å²) in [6, 6.07) is -0.291. The highest BCUT2D eigenvalue weighted by Gasteiger charge is 2.31. The van der Waals surface area contributed by atoms with Crippen LogP contribution in [-0.2, 0) is 17.6 Å². The van der Waals surface area contributed by atoms with Gasteiger partial charge in [0, 0.05) is 17.3 Å². The number of carbonyl (C=O) groups excluding carboxylic acids is 1. The van der Waals surface area contributed by atoms with Gasteiger partial charge in [-0.2, -0.15) is 0 Å². The molecule has 0 saturated heterocycles. The quantitative estimate of drug-likeness (QED) is 0.932. The minimum Gasteiger partial charge on any atom is -0.325 e. The van der Waals surface area contributed by atoms with Crippen LogP contribution in [0.1, 0.15) is 50.7 Å². The van der Waals surface area contributed by atoms with Crippen LogP contribution in [0.2, 0.25) is 0 Å². The lowest BCUT2D eigenvalue weighted by Gasteiger charge is -2.33. The number of aryl methyl sites for hydroxylation is 1. The molecular formula is C17H24N4OS.